The van der Waals surface area contributed by atoms with Gasteiger partial charge in [-0.2, -0.15) is 0 Å². The first-order chi connectivity index (χ1) is 9.59. The number of rotatable bonds is 5. The molecule has 0 radical (unpaired) electrons. The summed E-state index contributed by atoms with van der Waals surface area (Å²) >= 11 is 0. The lowest BCUT2D eigenvalue weighted by atomic mass is 10.2. The van der Waals surface area contributed by atoms with Crippen molar-refractivity contribution in [1.29, 1.82) is 0 Å². The first-order valence-electron chi connectivity index (χ1n) is 6.01. The van der Waals surface area contributed by atoms with Crippen LogP contribution in [0.1, 0.15) is 17.1 Å². The zero-order valence-corrected chi connectivity index (χ0v) is 12.5. The Labute approximate surface area is 117 Å². The van der Waals surface area contributed by atoms with Gasteiger partial charge in [0.1, 0.15) is 0 Å². The van der Waals surface area contributed by atoms with Gasteiger partial charge in [0.25, 0.3) is 0 Å². The Kier molecular flexibility index (Phi) is 4.55. The Bertz CT molecular complexity index is 640. The second kappa shape index (κ2) is 6.18. The molecule has 106 valence electrons. The van der Waals surface area contributed by atoms with Gasteiger partial charge in [-0.1, -0.05) is 30.3 Å². The summed E-state index contributed by atoms with van der Waals surface area (Å²) in [5.41, 5.74) is 1.64. The Hall–Kier alpha value is -1.68. The normalized spacial score (nSPS) is 12.2. The highest BCUT2D eigenvalue weighted by molar-refractivity contribution is 7.61. The molecule has 2 rings (SSSR count). The van der Waals surface area contributed by atoms with Crippen LogP contribution in [0, 0.1) is 6.92 Å². The molecule has 0 aliphatic rings. The number of aryl methyl sites for hydroxylation is 1. The highest BCUT2D eigenvalue weighted by Gasteiger charge is 2.32. The van der Waals surface area contributed by atoms with E-state index in [-0.39, 0.29) is 5.50 Å². The van der Waals surface area contributed by atoms with Crippen LogP contribution in [0.15, 0.2) is 34.7 Å². The average molecular weight is 293 g/mol. The zero-order chi connectivity index (χ0) is 14.6. The molecule has 1 heterocycles. The summed E-state index contributed by atoms with van der Waals surface area (Å²) in [6, 6.07) is 9.74. The second-order valence-electron chi connectivity index (χ2n) is 4.05. The van der Waals surface area contributed by atoms with E-state index in [1.165, 1.54) is 14.2 Å². The van der Waals surface area contributed by atoms with Crippen LogP contribution < -0.4 is 5.50 Å². The van der Waals surface area contributed by atoms with E-state index in [1.54, 1.807) is 13.0 Å². The largest absolute Gasteiger partial charge is 0.429 e. The van der Waals surface area contributed by atoms with Gasteiger partial charge >= 0.3 is 7.60 Å². The predicted octanol–water partition coefficient (Wildman–Crippen LogP) is 3.26. The number of benzene rings is 1. The fraction of sp³-hybridized carbons (Fsp3) is 0.214. The van der Waals surface area contributed by atoms with E-state index >= 15 is 0 Å². The molecule has 0 N–H and O–H groups in total. The average Bonchev–Trinajstić information content (AvgIpc) is 2.87. The van der Waals surface area contributed by atoms with E-state index in [1.807, 2.05) is 36.4 Å². The standard InChI is InChI=1S/C14H16NO4P/c1-11-14(20(16,17-2)18-3)19-13(15-11)10-9-12-7-5-4-6-8-12/h4-10H,1-3H3/b10-9+. The molecule has 2 aromatic rings. The minimum absolute atomic E-state index is 0.134. The van der Waals surface area contributed by atoms with Gasteiger partial charge in [0.2, 0.25) is 11.4 Å². The lowest BCUT2D eigenvalue weighted by Crippen LogP contribution is -2.08. The Morgan fingerprint density at radius 1 is 1.15 bits per heavy atom. The molecule has 0 fully saturated rings. The quantitative estimate of drug-likeness (QED) is 0.792. The van der Waals surface area contributed by atoms with Crippen LogP contribution in [0.4, 0.5) is 0 Å². The monoisotopic (exact) mass is 293 g/mol. The van der Waals surface area contributed by atoms with E-state index in [2.05, 4.69) is 4.98 Å². The number of oxazole rings is 1. The highest BCUT2D eigenvalue weighted by Crippen LogP contribution is 2.46. The summed E-state index contributed by atoms with van der Waals surface area (Å²) < 4.78 is 27.5. The minimum Gasteiger partial charge on any atom is -0.429 e. The smallest absolute Gasteiger partial charge is 0.397 e. The van der Waals surface area contributed by atoms with Gasteiger partial charge in [0, 0.05) is 20.3 Å². The molecular weight excluding hydrogens is 277 g/mol. The molecule has 0 saturated heterocycles. The number of nitrogens with zero attached hydrogens (tertiary/aromatic N) is 1. The second-order valence-corrected chi connectivity index (χ2v) is 6.18. The Morgan fingerprint density at radius 2 is 1.80 bits per heavy atom. The Balaban J connectivity index is 2.28. The van der Waals surface area contributed by atoms with Gasteiger partial charge in [-0.05, 0) is 18.6 Å². The van der Waals surface area contributed by atoms with Gasteiger partial charge in [-0.25, -0.2) is 4.98 Å². The lowest BCUT2D eigenvalue weighted by Gasteiger charge is -2.10. The number of hydrogen-bond acceptors (Lipinski definition) is 5. The minimum atomic E-state index is -3.41. The first kappa shape index (κ1) is 14.7. The van der Waals surface area contributed by atoms with Crippen molar-refractivity contribution in [2.75, 3.05) is 14.2 Å². The fourth-order valence-electron chi connectivity index (χ4n) is 1.71. The maximum absolute atomic E-state index is 12.3. The predicted molar refractivity (Wildman–Crippen MR) is 77.9 cm³/mol. The maximum Gasteiger partial charge on any atom is 0.397 e. The molecule has 0 bridgehead atoms. The summed E-state index contributed by atoms with van der Waals surface area (Å²) in [5, 5.41) is 0. The van der Waals surface area contributed by atoms with Crippen LogP contribution in [-0.2, 0) is 13.6 Å². The SMILES string of the molecule is COP(=O)(OC)c1oc(/C=C/c2ccccc2)nc1C. The van der Waals surface area contributed by atoms with Gasteiger partial charge in [0.05, 0.1) is 5.69 Å². The first-order valence-corrected chi connectivity index (χ1v) is 7.56. The van der Waals surface area contributed by atoms with E-state index in [4.69, 9.17) is 13.5 Å². The molecule has 0 saturated carbocycles. The molecule has 6 heteroatoms. The molecule has 20 heavy (non-hydrogen) atoms. The molecule has 0 aliphatic carbocycles. The summed E-state index contributed by atoms with van der Waals surface area (Å²) in [6.07, 6.45) is 3.57. The molecule has 1 aromatic carbocycles. The van der Waals surface area contributed by atoms with Crippen molar-refractivity contribution in [3.05, 3.63) is 47.5 Å². The van der Waals surface area contributed by atoms with Crippen molar-refractivity contribution in [1.82, 2.24) is 4.98 Å². The van der Waals surface area contributed by atoms with E-state index in [9.17, 15) is 4.57 Å². The summed E-state index contributed by atoms with van der Waals surface area (Å²) in [6.45, 7) is 1.70. The molecule has 0 aliphatic heterocycles. The molecule has 0 unspecified atom stereocenters. The van der Waals surface area contributed by atoms with Gasteiger partial charge in [-0.3, -0.25) is 4.57 Å². The van der Waals surface area contributed by atoms with E-state index in [0.717, 1.165) is 5.56 Å². The zero-order valence-electron chi connectivity index (χ0n) is 11.6. The third kappa shape index (κ3) is 3.07. The van der Waals surface area contributed by atoms with Crippen molar-refractivity contribution >= 4 is 25.2 Å². The molecule has 0 amide bonds. The van der Waals surface area contributed by atoms with Crippen LogP contribution >= 0.6 is 7.60 Å². The van der Waals surface area contributed by atoms with Crippen molar-refractivity contribution in [2.24, 2.45) is 0 Å². The van der Waals surface area contributed by atoms with Gasteiger partial charge in [-0.15, -0.1) is 0 Å². The summed E-state index contributed by atoms with van der Waals surface area (Å²) in [7, 11) is -0.787. The molecule has 5 nitrogen and oxygen atoms in total. The lowest BCUT2D eigenvalue weighted by molar-refractivity contribution is 0.281. The number of aromatic nitrogens is 1. The fourth-order valence-corrected chi connectivity index (χ4v) is 2.84. The molecule has 0 spiro atoms. The van der Waals surface area contributed by atoms with Crippen LogP contribution in [-0.4, -0.2) is 19.2 Å². The molecule has 1 aromatic heterocycles. The van der Waals surface area contributed by atoms with Crippen molar-refractivity contribution < 1.29 is 18.0 Å². The molecule has 0 atom stereocenters. The van der Waals surface area contributed by atoms with Crippen molar-refractivity contribution in [3.8, 4) is 0 Å². The maximum atomic E-state index is 12.3. The van der Waals surface area contributed by atoms with Crippen LogP contribution in [0.5, 0.6) is 0 Å². The van der Waals surface area contributed by atoms with Gasteiger partial charge in [0.15, 0.2) is 0 Å². The topological polar surface area (TPSA) is 61.6 Å². The van der Waals surface area contributed by atoms with Crippen LogP contribution in [0.2, 0.25) is 0 Å². The van der Waals surface area contributed by atoms with Crippen molar-refractivity contribution in [3.63, 3.8) is 0 Å². The van der Waals surface area contributed by atoms with Crippen molar-refractivity contribution in [2.45, 2.75) is 6.92 Å². The number of hydrogen-bond donors (Lipinski definition) is 0. The van der Waals surface area contributed by atoms with E-state index < -0.39 is 7.60 Å². The summed E-state index contributed by atoms with van der Waals surface area (Å²) in [4.78, 5) is 4.20. The summed E-state index contributed by atoms with van der Waals surface area (Å²) in [5.74, 6) is 0.357. The molecular formula is C14H16NO4P. The Morgan fingerprint density at radius 3 is 2.40 bits per heavy atom. The van der Waals surface area contributed by atoms with Gasteiger partial charge < -0.3 is 13.5 Å². The third-order valence-corrected chi connectivity index (χ3v) is 4.61. The van der Waals surface area contributed by atoms with Crippen LogP contribution in [0.3, 0.4) is 0 Å². The van der Waals surface area contributed by atoms with E-state index in [0.29, 0.717) is 11.6 Å². The van der Waals surface area contributed by atoms with Crippen LogP contribution in [0.25, 0.3) is 12.2 Å². The third-order valence-electron chi connectivity index (χ3n) is 2.74. The highest BCUT2D eigenvalue weighted by atomic mass is 31.2.